The van der Waals surface area contributed by atoms with Crippen molar-refractivity contribution in [3.63, 3.8) is 0 Å². The van der Waals surface area contributed by atoms with Crippen LogP contribution < -0.4 is 10.6 Å². The number of nitrogens with zero attached hydrogens (tertiary/aromatic N) is 4. The molecule has 5 rings (SSSR count). The highest BCUT2D eigenvalue weighted by Crippen LogP contribution is 2.30. The third-order valence-corrected chi connectivity index (χ3v) is 7.28. The molecule has 2 saturated heterocycles. The van der Waals surface area contributed by atoms with Gasteiger partial charge in [0.05, 0.1) is 23.3 Å². The van der Waals surface area contributed by atoms with Gasteiger partial charge < -0.3 is 25.2 Å². The normalized spacial score (nSPS) is 23.6. The average Bonchev–Trinajstić information content (AvgIpc) is 3.20. The van der Waals surface area contributed by atoms with Crippen molar-refractivity contribution in [3.05, 3.63) is 52.1 Å². The van der Waals surface area contributed by atoms with Crippen molar-refractivity contribution in [2.75, 3.05) is 45.2 Å². The Kier molecular flexibility index (Phi) is 6.85. The fourth-order valence-corrected chi connectivity index (χ4v) is 5.17. The lowest BCUT2D eigenvalue weighted by atomic mass is 9.94. The zero-order valence-corrected chi connectivity index (χ0v) is 20.0. The number of rotatable bonds is 4. The number of hydrogen-bond donors (Lipinski definition) is 2. The number of ether oxygens (including phenoxy) is 1. The Bertz CT molecular complexity index is 1050. The van der Waals surface area contributed by atoms with E-state index in [1.165, 1.54) is 6.07 Å². The van der Waals surface area contributed by atoms with Crippen LogP contribution in [0, 0.1) is 5.82 Å². The number of fused-ring (bicyclic) bond motifs is 1. The second-order valence-electron chi connectivity index (χ2n) is 9.43. The number of nitrogens with one attached hydrogen (secondary N) is 2. The van der Waals surface area contributed by atoms with Crippen LogP contribution in [0.2, 0.25) is 5.02 Å². The van der Waals surface area contributed by atoms with Crippen LogP contribution in [0.3, 0.4) is 0 Å². The predicted molar refractivity (Wildman–Crippen MR) is 128 cm³/mol. The number of hydrogen-bond acceptors (Lipinski definition) is 6. The van der Waals surface area contributed by atoms with Crippen LogP contribution in [0.15, 0.2) is 24.4 Å². The van der Waals surface area contributed by atoms with E-state index < -0.39 is 5.82 Å². The summed E-state index contributed by atoms with van der Waals surface area (Å²) in [5, 5.41) is 6.70. The van der Waals surface area contributed by atoms with Gasteiger partial charge in [-0.1, -0.05) is 17.7 Å². The molecular formula is C24H30ClFN6O2. The predicted octanol–water partition coefficient (Wildman–Crippen LogP) is 3.03. The van der Waals surface area contributed by atoms with Crippen LogP contribution in [-0.4, -0.2) is 77.8 Å². The number of aromatic nitrogens is 2. The molecule has 2 aromatic rings. The molecule has 0 spiro atoms. The Balaban J connectivity index is 1.24. The molecule has 0 unspecified atom stereocenters. The number of likely N-dealkylation sites (N-methyl/N-ethyl adjacent to an activating group) is 1. The second-order valence-corrected chi connectivity index (χ2v) is 9.83. The minimum absolute atomic E-state index is 0.00426. The summed E-state index contributed by atoms with van der Waals surface area (Å²) in [5.41, 5.74) is 2.81. The molecule has 34 heavy (non-hydrogen) atoms. The van der Waals surface area contributed by atoms with Gasteiger partial charge >= 0.3 is 6.03 Å². The smallest absolute Gasteiger partial charge is 0.318 e. The SMILES string of the molecule is CN1C[C@H](c2ccc(Cl)c(F)c2)[C@H](NC(=O)N2CCc3cnc(NC4CCOCC4)nc3C2)C1. The summed E-state index contributed by atoms with van der Waals surface area (Å²) in [4.78, 5) is 26.3. The van der Waals surface area contributed by atoms with Crippen molar-refractivity contribution in [2.24, 2.45) is 0 Å². The Hall–Kier alpha value is -2.49. The molecule has 2 amide bonds. The first-order valence-electron chi connectivity index (χ1n) is 11.8. The van der Waals surface area contributed by atoms with Gasteiger partial charge in [-0.15, -0.1) is 0 Å². The van der Waals surface area contributed by atoms with Crippen molar-refractivity contribution in [1.29, 1.82) is 0 Å². The van der Waals surface area contributed by atoms with E-state index >= 15 is 0 Å². The summed E-state index contributed by atoms with van der Waals surface area (Å²) in [6.45, 7) is 3.98. The fraction of sp³-hybridized carbons (Fsp3) is 0.542. The van der Waals surface area contributed by atoms with Crippen molar-refractivity contribution in [1.82, 2.24) is 25.1 Å². The standard InChI is InChI=1S/C24H30ClFN6O2/c1-31-12-18(15-2-3-19(25)20(26)10-15)22(13-31)30-24(33)32-7-4-16-11-27-23(29-21(16)14-32)28-17-5-8-34-9-6-17/h2-3,10-11,17-18,22H,4-9,12-14H2,1H3,(H,30,33)(H,27,28,29)/t18-,22-/m1/s1. The first kappa shape index (κ1) is 23.3. The van der Waals surface area contributed by atoms with Gasteiger partial charge in [0, 0.05) is 51.0 Å². The largest absolute Gasteiger partial charge is 0.381 e. The summed E-state index contributed by atoms with van der Waals surface area (Å²) < 4.78 is 19.5. The third-order valence-electron chi connectivity index (χ3n) is 6.97. The molecule has 1 aromatic carbocycles. The monoisotopic (exact) mass is 488 g/mol. The van der Waals surface area contributed by atoms with E-state index in [0.717, 1.165) is 55.8 Å². The molecule has 4 heterocycles. The van der Waals surface area contributed by atoms with Gasteiger partial charge in [0.15, 0.2) is 0 Å². The van der Waals surface area contributed by atoms with Crippen molar-refractivity contribution < 1.29 is 13.9 Å². The van der Waals surface area contributed by atoms with Gasteiger partial charge in [0.25, 0.3) is 0 Å². The summed E-state index contributed by atoms with van der Waals surface area (Å²) in [6.07, 6.45) is 4.46. The topological polar surface area (TPSA) is 82.6 Å². The maximum absolute atomic E-state index is 14.1. The highest BCUT2D eigenvalue weighted by molar-refractivity contribution is 6.30. The number of likely N-dealkylation sites (tertiary alicyclic amines) is 1. The van der Waals surface area contributed by atoms with E-state index in [1.807, 2.05) is 19.3 Å². The Morgan fingerprint density at radius 3 is 2.88 bits per heavy atom. The van der Waals surface area contributed by atoms with E-state index in [-0.39, 0.29) is 23.0 Å². The zero-order chi connectivity index (χ0) is 23.7. The van der Waals surface area contributed by atoms with Gasteiger partial charge in [0.2, 0.25) is 5.95 Å². The maximum atomic E-state index is 14.1. The summed E-state index contributed by atoms with van der Waals surface area (Å²) in [6, 6.07) is 4.97. The number of urea groups is 1. The summed E-state index contributed by atoms with van der Waals surface area (Å²) in [5.74, 6) is 0.168. The van der Waals surface area contributed by atoms with Crippen LogP contribution in [0.4, 0.5) is 15.1 Å². The highest BCUT2D eigenvalue weighted by Gasteiger charge is 2.35. The molecule has 2 N–H and O–H groups in total. The second kappa shape index (κ2) is 10.0. The molecule has 0 radical (unpaired) electrons. The fourth-order valence-electron chi connectivity index (χ4n) is 5.05. The van der Waals surface area contributed by atoms with Gasteiger partial charge in [-0.3, -0.25) is 0 Å². The molecule has 3 aliphatic heterocycles. The molecule has 2 fully saturated rings. The Morgan fingerprint density at radius 2 is 2.09 bits per heavy atom. The van der Waals surface area contributed by atoms with Gasteiger partial charge in [0.1, 0.15) is 5.82 Å². The molecule has 0 bridgehead atoms. The Morgan fingerprint density at radius 1 is 1.26 bits per heavy atom. The number of anilines is 1. The molecule has 2 atom stereocenters. The number of carbonyl (C=O) groups is 1. The van der Waals surface area contributed by atoms with Gasteiger partial charge in [-0.2, -0.15) is 0 Å². The molecule has 182 valence electrons. The molecule has 8 nitrogen and oxygen atoms in total. The first-order valence-corrected chi connectivity index (χ1v) is 12.2. The van der Waals surface area contributed by atoms with Crippen LogP contribution in [0.5, 0.6) is 0 Å². The Labute approximate surface area is 203 Å². The number of carbonyl (C=O) groups excluding carboxylic acids is 1. The van der Waals surface area contributed by atoms with Crippen LogP contribution >= 0.6 is 11.6 Å². The lowest BCUT2D eigenvalue weighted by Gasteiger charge is -2.31. The zero-order valence-electron chi connectivity index (χ0n) is 19.3. The molecule has 10 heteroatoms. The van der Waals surface area contributed by atoms with E-state index in [0.29, 0.717) is 31.6 Å². The summed E-state index contributed by atoms with van der Waals surface area (Å²) in [7, 11) is 2.01. The molecule has 3 aliphatic rings. The van der Waals surface area contributed by atoms with E-state index in [1.54, 1.807) is 11.0 Å². The van der Waals surface area contributed by atoms with Crippen LogP contribution in [-0.2, 0) is 17.7 Å². The van der Waals surface area contributed by atoms with Crippen LogP contribution in [0.1, 0.15) is 35.6 Å². The van der Waals surface area contributed by atoms with Crippen molar-refractivity contribution in [2.45, 2.75) is 43.8 Å². The molecule has 0 saturated carbocycles. The maximum Gasteiger partial charge on any atom is 0.318 e. The minimum atomic E-state index is -0.434. The molecule has 1 aromatic heterocycles. The van der Waals surface area contributed by atoms with Crippen molar-refractivity contribution in [3.8, 4) is 0 Å². The number of amides is 2. The van der Waals surface area contributed by atoms with E-state index in [2.05, 4.69) is 20.5 Å². The minimum Gasteiger partial charge on any atom is -0.381 e. The van der Waals surface area contributed by atoms with Crippen molar-refractivity contribution >= 4 is 23.6 Å². The van der Waals surface area contributed by atoms with Gasteiger partial charge in [-0.25, -0.2) is 19.2 Å². The third kappa shape index (κ3) is 5.11. The number of halogens is 2. The average molecular weight is 489 g/mol. The lowest BCUT2D eigenvalue weighted by molar-refractivity contribution is 0.0903. The summed E-state index contributed by atoms with van der Waals surface area (Å²) >= 11 is 5.86. The highest BCUT2D eigenvalue weighted by atomic mass is 35.5. The quantitative estimate of drug-likeness (QED) is 0.688. The van der Waals surface area contributed by atoms with E-state index in [9.17, 15) is 9.18 Å². The van der Waals surface area contributed by atoms with E-state index in [4.69, 9.17) is 21.3 Å². The first-order chi connectivity index (χ1) is 16.5. The molecule has 0 aliphatic carbocycles. The van der Waals surface area contributed by atoms with Gasteiger partial charge in [-0.05, 0) is 49.6 Å². The lowest BCUT2D eigenvalue weighted by Crippen LogP contribution is -2.49. The molecular weight excluding hydrogens is 459 g/mol. The number of benzene rings is 1. The van der Waals surface area contributed by atoms with Crippen LogP contribution in [0.25, 0.3) is 0 Å².